The zero-order chi connectivity index (χ0) is 24.9. The molecule has 7 nitrogen and oxygen atoms in total. The van der Waals surface area contributed by atoms with E-state index in [2.05, 4.69) is 5.32 Å². The van der Waals surface area contributed by atoms with Crippen molar-refractivity contribution in [1.29, 1.82) is 0 Å². The lowest BCUT2D eigenvalue weighted by atomic mass is 9.98. The molecular formula is C24H25F3N2O5. The van der Waals surface area contributed by atoms with E-state index < -0.39 is 42.7 Å². The van der Waals surface area contributed by atoms with Crippen LogP contribution in [-0.4, -0.2) is 47.9 Å². The number of benzene rings is 2. The van der Waals surface area contributed by atoms with Gasteiger partial charge in [-0.3, -0.25) is 4.79 Å². The molecule has 0 fully saturated rings. The Morgan fingerprint density at radius 1 is 0.971 bits per heavy atom. The van der Waals surface area contributed by atoms with Crippen LogP contribution in [0.5, 0.6) is 0 Å². The van der Waals surface area contributed by atoms with Crippen molar-refractivity contribution in [1.82, 2.24) is 10.6 Å². The lowest BCUT2D eigenvalue weighted by Gasteiger charge is -2.22. The molecule has 1 aliphatic rings. The molecule has 0 aromatic heterocycles. The molecule has 34 heavy (non-hydrogen) atoms. The topological polar surface area (TPSA) is 105 Å². The standard InChI is InChI=1S/C24H25F3N2O5/c1-2-7-19(21(30)28-20(22(31)32)12-24(25,26)27)29-23(33)34-13-18-16-10-5-3-8-14(16)15-9-4-6-11-17(15)18/h3-6,8-11,18-20H,2,7,12-13H2,1H3,(H,28,30)(H,29,33)(H,31,32)/t19-,20?/m0/s1. The summed E-state index contributed by atoms with van der Waals surface area (Å²) in [6.45, 7) is 1.70. The minimum absolute atomic E-state index is 0.00779. The fourth-order valence-electron chi connectivity index (χ4n) is 4.04. The highest BCUT2D eigenvalue weighted by Gasteiger charge is 2.37. The van der Waals surface area contributed by atoms with E-state index in [-0.39, 0.29) is 18.9 Å². The van der Waals surface area contributed by atoms with Crippen LogP contribution in [0.25, 0.3) is 11.1 Å². The van der Waals surface area contributed by atoms with Crippen molar-refractivity contribution >= 4 is 18.0 Å². The van der Waals surface area contributed by atoms with E-state index in [9.17, 15) is 27.6 Å². The van der Waals surface area contributed by atoms with Gasteiger partial charge in [-0.25, -0.2) is 9.59 Å². The number of alkyl halides is 3. The average Bonchev–Trinajstić information content (AvgIpc) is 3.09. The summed E-state index contributed by atoms with van der Waals surface area (Å²) in [5.41, 5.74) is 4.08. The van der Waals surface area contributed by atoms with Crippen molar-refractivity contribution in [3.8, 4) is 11.1 Å². The van der Waals surface area contributed by atoms with Gasteiger partial charge in [-0.05, 0) is 28.7 Å². The maximum Gasteiger partial charge on any atom is 0.407 e. The molecule has 0 saturated carbocycles. The van der Waals surface area contributed by atoms with Gasteiger partial charge < -0.3 is 20.5 Å². The SMILES string of the molecule is CCC[C@H](NC(=O)OCC1c2ccccc2-c2ccccc21)C(=O)NC(CC(F)(F)F)C(=O)O. The number of nitrogens with one attached hydrogen (secondary N) is 2. The lowest BCUT2D eigenvalue weighted by molar-refractivity contribution is -0.160. The molecule has 1 unspecified atom stereocenters. The minimum Gasteiger partial charge on any atom is -0.480 e. The monoisotopic (exact) mass is 478 g/mol. The third-order valence-electron chi connectivity index (χ3n) is 5.58. The lowest BCUT2D eigenvalue weighted by Crippen LogP contribution is -2.52. The Morgan fingerprint density at radius 2 is 1.53 bits per heavy atom. The maximum absolute atomic E-state index is 12.6. The van der Waals surface area contributed by atoms with Crippen LogP contribution in [0, 0.1) is 0 Å². The van der Waals surface area contributed by atoms with E-state index in [0.29, 0.717) is 6.42 Å². The largest absolute Gasteiger partial charge is 0.480 e. The van der Waals surface area contributed by atoms with E-state index in [1.807, 2.05) is 53.8 Å². The number of carboxylic acids is 1. The van der Waals surface area contributed by atoms with Crippen molar-refractivity contribution < 1.29 is 37.4 Å². The van der Waals surface area contributed by atoms with Gasteiger partial charge in [-0.1, -0.05) is 61.9 Å². The molecule has 2 amide bonds. The number of carboxylic acid groups (broad SMARTS) is 1. The second kappa shape index (κ2) is 10.6. The van der Waals surface area contributed by atoms with E-state index in [1.54, 1.807) is 6.92 Å². The van der Waals surface area contributed by atoms with Gasteiger partial charge >= 0.3 is 18.2 Å². The Morgan fingerprint density at radius 3 is 2.03 bits per heavy atom. The number of amides is 2. The second-order valence-electron chi connectivity index (χ2n) is 8.03. The zero-order valence-corrected chi connectivity index (χ0v) is 18.4. The van der Waals surface area contributed by atoms with Crippen molar-refractivity contribution in [2.45, 2.75) is 50.4 Å². The van der Waals surface area contributed by atoms with Gasteiger partial charge in [-0.2, -0.15) is 13.2 Å². The number of hydrogen-bond donors (Lipinski definition) is 3. The van der Waals surface area contributed by atoms with Crippen LogP contribution in [0.4, 0.5) is 18.0 Å². The first kappa shape index (κ1) is 25.1. The zero-order valence-electron chi connectivity index (χ0n) is 18.4. The number of carbonyl (C=O) groups excluding carboxylic acids is 2. The van der Waals surface area contributed by atoms with Crippen LogP contribution < -0.4 is 10.6 Å². The Hall–Kier alpha value is -3.56. The minimum atomic E-state index is -4.78. The number of carbonyl (C=O) groups is 3. The summed E-state index contributed by atoms with van der Waals surface area (Å²) in [6.07, 6.45) is -6.92. The Kier molecular flexibility index (Phi) is 7.80. The molecule has 0 spiro atoms. The number of fused-ring (bicyclic) bond motifs is 3. The third-order valence-corrected chi connectivity index (χ3v) is 5.58. The molecule has 0 saturated heterocycles. The van der Waals surface area contributed by atoms with Gasteiger partial charge in [-0.15, -0.1) is 0 Å². The summed E-state index contributed by atoms with van der Waals surface area (Å²) >= 11 is 0. The second-order valence-corrected chi connectivity index (χ2v) is 8.03. The van der Waals surface area contributed by atoms with Gasteiger partial charge in [0, 0.05) is 5.92 Å². The van der Waals surface area contributed by atoms with Gasteiger partial charge in [0.25, 0.3) is 0 Å². The number of alkyl carbamates (subject to hydrolysis) is 1. The van der Waals surface area contributed by atoms with Gasteiger partial charge in [0.05, 0.1) is 6.42 Å². The number of aliphatic carboxylic acids is 1. The Balaban J connectivity index is 1.64. The molecule has 0 bridgehead atoms. The molecule has 0 aliphatic heterocycles. The molecular weight excluding hydrogens is 453 g/mol. The summed E-state index contributed by atoms with van der Waals surface area (Å²) in [5, 5.41) is 13.2. The van der Waals surface area contributed by atoms with Crippen LogP contribution in [0.2, 0.25) is 0 Å². The molecule has 3 N–H and O–H groups in total. The summed E-state index contributed by atoms with van der Waals surface area (Å²) in [6, 6.07) is 12.1. The van der Waals surface area contributed by atoms with Crippen LogP contribution >= 0.6 is 0 Å². The number of halogens is 3. The predicted octanol–water partition coefficient (Wildman–Crippen LogP) is 4.22. The van der Waals surface area contributed by atoms with Gasteiger partial charge in [0.15, 0.2) is 0 Å². The highest BCUT2D eigenvalue weighted by atomic mass is 19.4. The average molecular weight is 478 g/mol. The molecule has 0 heterocycles. The third kappa shape index (κ3) is 6.06. The highest BCUT2D eigenvalue weighted by Crippen LogP contribution is 2.44. The molecule has 182 valence electrons. The van der Waals surface area contributed by atoms with Crippen molar-refractivity contribution in [3.05, 3.63) is 59.7 Å². The first-order valence-electron chi connectivity index (χ1n) is 10.8. The predicted molar refractivity (Wildman–Crippen MR) is 117 cm³/mol. The number of ether oxygens (including phenoxy) is 1. The fourth-order valence-corrected chi connectivity index (χ4v) is 4.04. The van der Waals surface area contributed by atoms with Crippen LogP contribution in [-0.2, 0) is 14.3 Å². The molecule has 2 aromatic rings. The summed E-state index contributed by atoms with van der Waals surface area (Å²) < 4.78 is 43.3. The summed E-state index contributed by atoms with van der Waals surface area (Å²) in [5.74, 6) is -3.05. The first-order chi connectivity index (χ1) is 16.1. The van der Waals surface area contributed by atoms with Gasteiger partial charge in [0.2, 0.25) is 5.91 Å². The fraction of sp³-hybridized carbons (Fsp3) is 0.375. The maximum atomic E-state index is 12.6. The molecule has 2 aromatic carbocycles. The first-order valence-corrected chi connectivity index (χ1v) is 10.8. The highest BCUT2D eigenvalue weighted by molar-refractivity contribution is 5.89. The summed E-state index contributed by atoms with van der Waals surface area (Å²) in [4.78, 5) is 36.0. The molecule has 1 aliphatic carbocycles. The Bertz CT molecular complexity index is 1010. The summed E-state index contributed by atoms with van der Waals surface area (Å²) in [7, 11) is 0. The number of rotatable bonds is 9. The molecule has 3 rings (SSSR count). The van der Waals surface area contributed by atoms with E-state index in [0.717, 1.165) is 22.3 Å². The van der Waals surface area contributed by atoms with E-state index >= 15 is 0 Å². The quantitative estimate of drug-likeness (QED) is 0.501. The van der Waals surface area contributed by atoms with E-state index in [4.69, 9.17) is 9.84 Å². The van der Waals surface area contributed by atoms with Gasteiger partial charge in [0.1, 0.15) is 18.7 Å². The van der Waals surface area contributed by atoms with E-state index in [1.165, 1.54) is 0 Å². The van der Waals surface area contributed by atoms with Crippen molar-refractivity contribution in [2.24, 2.45) is 0 Å². The number of hydrogen-bond acceptors (Lipinski definition) is 4. The molecule has 10 heteroatoms. The van der Waals surface area contributed by atoms with Crippen LogP contribution in [0.15, 0.2) is 48.5 Å². The van der Waals surface area contributed by atoms with Crippen LogP contribution in [0.3, 0.4) is 0 Å². The molecule has 2 atom stereocenters. The Labute approximate surface area is 194 Å². The van der Waals surface area contributed by atoms with Crippen molar-refractivity contribution in [2.75, 3.05) is 6.61 Å². The smallest absolute Gasteiger partial charge is 0.407 e. The normalized spacial score (nSPS) is 14.5. The van der Waals surface area contributed by atoms with Crippen molar-refractivity contribution in [3.63, 3.8) is 0 Å². The van der Waals surface area contributed by atoms with Crippen LogP contribution in [0.1, 0.15) is 43.2 Å². The molecule has 0 radical (unpaired) electrons.